The number of primary amides is 1. The normalized spacial score (nSPS) is 11.9. The average molecular weight is 268 g/mol. The number of nitrogens with two attached hydrogens (primary N) is 1. The highest BCUT2D eigenvalue weighted by Gasteiger charge is 2.05. The summed E-state index contributed by atoms with van der Waals surface area (Å²) in [6.07, 6.45) is -1.43. The van der Waals surface area contributed by atoms with Crippen LogP contribution < -0.4 is 15.8 Å². The van der Waals surface area contributed by atoms with Crippen LogP contribution in [0.2, 0.25) is 0 Å². The van der Waals surface area contributed by atoms with Gasteiger partial charge in [-0.15, -0.1) is 0 Å². The Balaban J connectivity index is 2.11. The van der Waals surface area contributed by atoms with Gasteiger partial charge in [0.15, 0.2) is 0 Å². The zero-order valence-electron chi connectivity index (χ0n) is 11.0. The molecule has 4 N–H and O–H groups in total. The van der Waals surface area contributed by atoms with Gasteiger partial charge in [0, 0.05) is 13.1 Å². The Kier molecular flexibility index (Phi) is 6.70. The first-order valence-electron chi connectivity index (χ1n) is 6.08. The lowest BCUT2D eigenvalue weighted by atomic mass is 10.2. The highest BCUT2D eigenvalue weighted by atomic mass is 16.5. The molecule has 0 spiro atoms. The summed E-state index contributed by atoms with van der Waals surface area (Å²) < 4.78 is 9.98. The summed E-state index contributed by atoms with van der Waals surface area (Å²) in [4.78, 5) is 10.3. The molecule has 0 bridgehead atoms. The molecule has 1 aromatic rings. The second-order valence-corrected chi connectivity index (χ2v) is 4.15. The predicted molar refractivity (Wildman–Crippen MR) is 71.1 cm³/mol. The van der Waals surface area contributed by atoms with Crippen LogP contribution in [-0.4, -0.2) is 43.6 Å². The van der Waals surface area contributed by atoms with Gasteiger partial charge in [0.2, 0.25) is 0 Å². The molecule has 6 heteroatoms. The maximum atomic E-state index is 10.3. The maximum Gasteiger partial charge on any atom is 0.404 e. The Morgan fingerprint density at radius 3 is 3.00 bits per heavy atom. The van der Waals surface area contributed by atoms with Crippen LogP contribution in [-0.2, 0) is 4.74 Å². The molecule has 0 saturated heterocycles. The lowest BCUT2D eigenvalue weighted by molar-refractivity contribution is 0.104. The number of carbonyl (C=O) groups excluding carboxylic acids is 1. The molecule has 0 aromatic heterocycles. The van der Waals surface area contributed by atoms with Crippen LogP contribution in [0.3, 0.4) is 0 Å². The highest BCUT2D eigenvalue weighted by molar-refractivity contribution is 5.64. The van der Waals surface area contributed by atoms with Gasteiger partial charge in [0.25, 0.3) is 0 Å². The number of hydrogen-bond acceptors (Lipinski definition) is 5. The lowest BCUT2D eigenvalue weighted by Crippen LogP contribution is -2.33. The van der Waals surface area contributed by atoms with E-state index in [0.717, 1.165) is 11.3 Å². The molecule has 1 amide bonds. The first-order valence-corrected chi connectivity index (χ1v) is 6.08. The molecular weight excluding hydrogens is 248 g/mol. The second-order valence-electron chi connectivity index (χ2n) is 4.15. The average Bonchev–Trinajstić information content (AvgIpc) is 2.35. The van der Waals surface area contributed by atoms with E-state index >= 15 is 0 Å². The van der Waals surface area contributed by atoms with Crippen LogP contribution in [0.5, 0.6) is 5.75 Å². The Bertz CT molecular complexity index is 398. The van der Waals surface area contributed by atoms with Crippen molar-refractivity contribution in [3.8, 4) is 5.75 Å². The molecule has 0 fully saturated rings. The van der Waals surface area contributed by atoms with Gasteiger partial charge in [-0.2, -0.15) is 0 Å². The molecule has 1 aromatic carbocycles. The van der Waals surface area contributed by atoms with Crippen molar-refractivity contribution in [2.45, 2.75) is 13.0 Å². The third-order valence-corrected chi connectivity index (χ3v) is 2.34. The summed E-state index contributed by atoms with van der Waals surface area (Å²) in [6.45, 7) is 3.15. The summed E-state index contributed by atoms with van der Waals surface area (Å²) in [7, 11) is 0. The van der Waals surface area contributed by atoms with Gasteiger partial charge in [-0.05, 0) is 24.6 Å². The summed E-state index contributed by atoms with van der Waals surface area (Å²) in [6, 6.07) is 7.62. The van der Waals surface area contributed by atoms with Crippen molar-refractivity contribution in [2.24, 2.45) is 5.73 Å². The van der Waals surface area contributed by atoms with E-state index in [1.165, 1.54) is 0 Å². The molecule has 0 radical (unpaired) electrons. The van der Waals surface area contributed by atoms with Crippen LogP contribution in [0, 0.1) is 6.92 Å². The van der Waals surface area contributed by atoms with Gasteiger partial charge in [-0.3, -0.25) is 0 Å². The molecular formula is C13H20N2O4. The van der Waals surface area contributed by atoms with Crippen LogP contribution >= 0.6 is 0 Å². The van der Waals surface area contributed by atoms with E-state index < -0.39 is 12.2 Å². The number of amides is 1. The molecule has 0 aliphatic heterocycles. The molecule has 0 saturated carbocycles. The molecule has 1 unspecified atom stereocenters. The fourth-order valence-corrected chi connectivity index (χ4v) is 1.45. The van der Waals surface area contributed by atoms with Crippen LogP contribution in [0.15, 0.2) is 24.3 Å². The quantitative estimate of drug-likeness (QED) is 0.594. The molecule has 1 rings (SSSR count). The zero-order chi connectivity index (χ0) is 14.1. The van der Waals surface area contributed by atoms with Crippen LogP contribution in [0.1, 0.15) is 5.56 Å². The third-order valence-electron chi connectivity index (χ3n) is 2.34. The van der Waals surface area contributed by atoms with Crippen LogP contribution in [0.25, 0.3) is 0 Å². The summed E-state index contributed by atoms with van der Waals surface area (Å²) in [5, 5.41) is 12.6. The second kappa shape index (κ2) is 8.34. The predicted octanol–water partition coefficient (Wildman–Crippen LogP) is 0.420. The summed E-state index contributed by atoms with van der Waals surface area (Å²) in [5.41, 5.74) is 5.91. The Labute approximate surface area is 112 Å². The number of ether oxygens (including phenoxy) is 2. The van der Waals surface area contributed by atoms with E-state index in [4.69, 9.17) is 10.5 Å². The summed E-state index contributed by atoms with van der Waals surface area (Å²) >= 11 is 0. The molecule has 0 aliphatic carbocycles. The topological polar surface area (TPSA) is 93.8 Å². The van der Waals surface area contributed by atoms with Crippen molar-refractivity contribution in [3.05, 3.63) is 29.8 Å². The van der Waals surface area contributed by atoms with Gasteiger partial charge >= 0.3 is 6.09 Å². The molecule has 106 valence electrons. The van der Waals surface area contributed by atoms with E-state index in [-0.39, 0.29) is 13.2 Å². The third kappa shape index (κ3) is 7.28. The van der Waals surface area contributed by atoms with E-state index in [2.05, 4.69) is 10.1 Å². The number of carbonyl (C=O) groups is 1. The smallest absolute Gasteiger partial charge is 0.404 e. The standard InChI is InChI=1S/C13H20N2O4/c1-10-3-2-4-12(7-10)19-9-11(16)8-15-5-6-18-13(14)17/h2-4,7,11,15-16H,5-6,8-9H2,1H3,(H2,14,17). The Hall–Kier alpha value is -1.79. The number of hydrogen-bond donors (Lipinski definition) is 3. The van der Waals surface area contributed by atoms with Crippen molar-refractivity contribution >= 4 is 6.09 Å². The van der Waals surface area contributed by atoms with Gasteiger partial charge < -0.3 is 25.6 Å². The molecule has 0 aliphatic rings. The van der Waals surface area contributed by atoms with Gasteiger partial charge in [-0.25, -0.2) is 4.79 Å². The van der Waals surface area contributed by atoms with E-state index in [1.54, 1.807) is 0 Å². The Morgan fingerprint density at radius 2 is 2.32 bits per heavy atom. The number of nitrogens with one attached hydrogen (secondary N) is 1. The number of aryl methyl sites for hydroxylation is 1. The van der Waals surface area contributed by atoms with Crippen molar-refractivity contribution < 1.29 is 19.4 Å². The molecule has 1 atom stereocenters. The minimum Gasteiger partial charge on any atom is -0.491 e. The van der Waals surface area contributed by atoms with Crippen molar-refractivity contribution in [2.75, 3.05) is 26.3 Å². The first kappa shape index (κ1) is 15.3. The highest BCUT2D eigenvalue weighted by Crippen LogP contribution is 2.12. The number of rotatable bonds is 8. The zero-order valence-corrected chi connectivity index (χ0v) is 11.0. The number of aliphatic hydroxyl groups is 1. The fourth-order valence-electron chi connectivity index (χ4n) is 1.45. The van der Waals surface area contributed by atoms with E-state index in [9.17, 15) is 9.90 Å². The fraction of sp³-hybridized carbons (Fsp3) is 0.462. The van der Waals surface area contributed by atoms with Gasteiger partial charge in [0.1, 0.15) is 25.1 Å². The number of benzene rings is 1. The molecule has 6 nitrogen and oxygen atoms in total. The monoisotopic (exact) mass is 268 g/mol. The van der Waals surface area contributed by atoms with Crippen molar-refractivity contribution in [3.63, 3.8) is 0 Å². The minimum absolute atomic E-state index is 0.181. The minimum atomic E-state index is -0.801. The number of aliphatic hydroxyl groups excluding tert-OH is 1. The van der Waals surface area contributed by atoms with Gasteiger partial charge in [0.05, 0.1) is 0 Å². The van der Waals surface area contributed by atoms with Gasteiger partial charge in [-0.1, -0.05) is 12.1 Å². The maximum absolute atomic E-state index is 10.3. The largest absolute Gasteiger partial charge is 0.491 e. The van der Waals surface area contributed by atoms with E-state index in [0.29, 0.717) is 13.1 Å². The van der Waals surface area contributed by atoms with Crippen LogP contribution in [0.4, 0.5) is 4.79 Å². The van der Waals surface area contributed by atoms with E-state index in [1.807, 2.05) is 31.2 Å². The van der Waals surface area contributed by atoms with Crippen molar-refractivity contribution in [1.82, 2.24) is 5.32 Å². The first-order chi connectivity index (χ1) is 9.08. The summed E-state index contributed by atoms with van der Waals surface area (Å²) in [5.74, 6) is 0.733. The SMILES string of the molecule is Cc1cccc(OCC(O)CNCCOC(N)=O)c1. The Morgan fingerprint density at radius 1 is 1.53 bits per heavy atom. The van der Waals surface area contributed by atoms with Crippen molar-refractivity contribution in [1.29, 1.82) is 0 Å². The lowest BCUT2D eigenvalue weighted by Gasteiger charge is -2.13. The molecule has 0 heterocycles. The molecule has 19 heavy (non-hydrogen) atoms.